The van der Waals surface area contributed by atoms with Gasteiger partial charge in [0.05, 0.1) is 0 Å². The molecule has 1 N–H and O–H groups in total. The van der Waals surface area contributed by atoms with Crippen LogP contribution >= 0.6 is 11.3 Å². The minimum absolute atomic E-state index is 0.100. The average Bonchev–Trinajstić information content (AvgIpc) is 2.72. The zero-order chi connectivity index (χ0) is 14.7. The molecule has 1 atom stereocenters. The van der Waals surface area contributed by atoms with Crippen molar-refractivity contribution in [3.63, 3.8) is 0 Å². The number of carboxylic acid groups (broad SMARTS) is 1. The Labute approximate surface area is 122 Å². The molecule has 0 bridgehead atoms. The van der Waals surface area contributed by atoms with E-state index >= 15 is 0 Å². The van der Waals surface area contributed by atoms with Crippen molar-refractivity contribution in [3.05, 3.63) is 10.6 Å². The molecule has 1 aliphatic rings. The second-order valence-corrected chi connectivity index (χ2v) is 6.12. The highest BCUT2D eigenvalue weighted by molar-refractivity contribution is 7.17. The summed E-state index contributed by atoms with van der Waals surface area (Å²) in [7, 11) is 0. The van der Waals surface area contributed by atoms with Gasteiger partial charge in [-0.05, 0) is 19.3 Å². The molecule has 1 aliphatic heterocycles. The third kappa shape index (κ3) is 3.00. The van der Waals surface area contributed by atoms with E-state index in [-0.39, 0.29) is 16.4 Å². The predicted molar refractivity (Wildman–Crippen MR) is 79.0 cm³/mol. The van der Waals surface area contributed by atoms with Gasteiger partial charge in [0, 0.05) is 19.5 Å². The highest BCUT2D eigenvalue weighted by Crippen LogP contribution is 2.32. The SMILES string of the molecule is CCC1CCCCCN1c1nc(C(=O)O)c(C(C)=O)s1. The molecule has 1 aromatic rings. The number of nitrogens with zero attached hydrogens (tertiary/aromatic N) is 2. The topological polar surface area (TPSA) is 70.5 Å². The maximum absolute atomic E-state index is 11.6. The van der Waals surface area contributed by atoms with E-state index in [0.29, 0.717) is 11.2 Å². The van der Waals surface area contributed by atoms with Crippen LogP contribution < -0.4 is 4.90 Å². The number of aromatic nitrogens is 1. The fourth-order valence-electron chi connectivity index (χ4n) is 2.67. The van der Waals surface area contributed by atoms with Crippen molar-refractivity contribution in [2.75, 3.05) is 11.4 Å². The molecule has 1 fully saturated rings. The molecule has 0 aliphatic carbocycles. The van der Waals surface area contributed by atoms with Crippen molar-refractivity contribution >= 4 is 28.2 Å². The first-order valence-corrected chi connectivity index (χ1v) is 7.88. The number of carbonyl (C=O) groups is 2. The molecular weight excluding hydrogens is 276 g/mol. The lowest BCUT2D eigenvalue weighted by atomic mass is 10.1. The van der Waals surface area contributed by atoms with Gasteiger partial charge in [-0.25, -0.2) is 9.78 Å². The fourth-order valence-corrected chi connectivity index (χ4v) is 3.72. The second-order valence-electron chi connectivity index (χ2n) is 5.14. The largest absolute Gasteiger partial charge is 0.476 e. The number of aromatic carboxylic acids is 1. The number of ketones is 1. The average molecular weight is 296 g/mol. The van der Waals surface area contributed by atoms with E-state index in [4.69, 9.17) is 0 Å². The van der Waals surface area contributed by atoms with Gasteiger partial charge >= 0.3 is 5.97 Å². The maximum Gasteiger partial charge on any atom is 0.356 e. The summed E-state index contributed by atoms with van der Waals surface area (Å²) in [6.45, 7) is 4.42. The molecule has 1 saturated heterocycles. The molecule has 5 nitrogen and oxygen atoms in total. The zero-order valence-electron chi connectivity index (χ0n) is 11.9. The Morgan fingerprint density at radius 2 is 2.15 bits per heavy atom. The van der Waals surface area contributed by atoms with Crippen molar-refractivity contribution in [3.8, 4) is 0 Å². The van der Waals surface area contributed by atoms with Crippen LogP contribution in [0.25, 0.3) is 0 Å². The highest BCUT2D eigenvalue weighted by atomic mass is 32.1. The summed E-state index contributed by atoms with van der Waals surface area (Å²) in [5.41, 5.74) is -0.100. The minimum Gasteiger partial charge on any atom is -0.476 e. The summed E-state index contributed by atoms with van der Waals surface area (Å²) in [5.74, 6) is -1.35. The van der Waals surface area contributed by atoms with Crippen LogP contribution in [-0.2, 0) is 0 Å². The van der Waals surface area contributed by atoms with E-state index in [1.165, 1.54) is 31.1 Å². The third-order valence-electron chi connectivity index (χ3n) is 3.73. The smallest absolute Gasteiger partial charge is 0.356 e. The van der Waals surface area contributed by atoms with Crippen LogP contribution in [-0.4, -0.2) is 34.4 Å². The molecule has 20 heavy (non-hydrogen) atoms. The zero-order valence-corrected chi connectivity index (χ0v) is 12.7. The standard InChI is InChI=1S/C14H20N2O3S/c1-3-10-7-5-4-6-8-16(10)14-15-11(13(18)19)12(20-14)9(2)17/h10H,3-8H2,1-2H3,(H,18,19). The number of thiazole rings is 1. The molecule has 1 aromatic heterocycles. The van der Waals surface area contributed by atoms with Crippen LogP contribution in [0.15, 0.2) is 0 Å². The maximum atomic E-state index is 11.6. The number of hydrogen-bond acceptors (Lipinski definition) is 5. The van der Waals surface area contributed by atoms with Gasteiger partial charge < -0.3 is 10.0 Å². The van der Waals surface area contributed by atoms with Crippen molar-refractivity contribution in [2.45, 2.75) is 52.0 Å². The van der Waals surface area contributed by atoms with Gasteiger partial charge in [-0.1, -0.05) is 31.1 Å². The first-order valence-electron chi connectivity index (χ1n) is 7.06. The van der Waals surface area contributed by atoms with Crippen LogP contribution in [0.4, 0.5) is 5.13 Å². The molecule has 2 rings (SSSR count). The van der Waals surface area contributed by atoms with Crippen LogP contribution in [0.2, 0.25) is 0 Å². The fraction of sp³-hybridized carbons (Fsp3) is 0.643. The van der Waals surface area contributed by atoms with Crippen molar-refractivity contribution in [1.82, 2.24) is 4.98 Å². The van der Waals surface area contributed by atoms with E-state index in [1.54, 1.807) is 0 Å². The number of carboxylic acids is 1. The predicted octanol–water partition coefficient (Wildman–Crippen LogP) is 3.20. The van der Waals surface area contributed by atoms with Crippen LogP contribution in [0.5, 0.6) is 0 Å². The number of hydrogen-bond donors (Lipinski definition) is 1. The second kappa shape index (κ2) is 6.35. The van der Waals surface area contributed by atoms with Gasteiger partial charge in [0.15, 0.2) is 16.6 Å². The Morgan fingerprint density at radius 3 is 2.70 bits per heavy atom. The van der Waals surface area contributed by atoms with E-state index in [1.807, 2.05) is 0 Å². The Hall–Kier alpha value is -1.43. The number of rotatable bonds is 4. The normalized spacial score (nSPS) is 19.7. The lowest BCUT2D eigenvalue weighted by Gasteiger charge is -2.28. The third-order valence-corrected chi connectivity index (χ3v) is 4.93. The Morgan fingerprint density at radius 1 is 1.40 bits per heavy atom. The molecule has 1 unspecified atom stereocenters. The van der Waals surface area contributed by atoms with Crippen molar-refractivity contribution in [2.24, 2.45) is 0 Å². The summed E-state index contributed by atoms with van der Waals surface area (Å²) in [5, 5.41) is 9.86. The summed E-state index contributed by atoms with van der Waals surface area (Å²) >= 11 is 1.22. The van der Waals surface area contributed by atoms with Crippen LogP contribution in [0.1, 0.15) is 66.1 Å². The lowest BCUT2D eigenvalue weighted by Crippen LogP contribution is -2.34. The summed E-state index contributed by atoms with van der Waals surface area (Å²) in [6.07, 6.45) is 5.61. The van der Waals surface area contributed by atoms with Crippen LogP contribution in [0, 0.1) is 0 Å². The molecule has 0 aromatic carbocycles. The Balaban J connectivity index is 2.37. The number of Topliss-reactive ketones (excluding diaryl/α,β-unsaturated/α-hetero) is 1. The minimum atomic E-state index is -1.12. The van der Waals surface area contributed by atoms with E-state index in [2.05, 4.69) is 16.8 Å². The molecule has 110 valence electrons. The molecule has 0 amide bonds. The number of carbonyl (C=O) groups excluding carboxylic acids is 1. The molecular formula is C14H20N2O3S. The Bertz CT molecular complexity index is 481. The van der Waals surface area contributed by atoms with Crippen molar-refractivity contribution in [1.29, 1.82) is 0 Å². The molecule has 6 heteroatoms. The Kier molecular flexibility index (Phi) is 4.75. The number of anilines is 1. The monoisotopic (exact) mass is 296 g/mol. The molecule has 0 saturated carbocycles. The van der Waals surface area contributed by atoms with Gasteiger partial charge in [-0.2, -0.15) is 0 Å². The molecule has 0 radical (unpaired) electrons. The van der Waals surface area contributed by atoms with Gasteiger partial charge in [-0.15, -0.1) is 0 Å². The van der Waals surface area contributed by atoms with E-state index < -0.39 is 5.97 Å². The molecule has 0 spiro atoms. The quantitative estimate of drug-likeness (QED) is 0.864. The summed E-state index contributed by atoms with van der Waals surface area (Å²) in [4.78, 5) is 29.5. The van der Waals surface area contributed by atoms with E-state index in [0.717, 1.165) is 25.8 Å². The van der Waals surface area contributed by atoms with Crippen LogP contribution in [0.3, 0.4) is 0 Å². The summed E-state index contributed by atoms with van der Waals surface area (Å²) < 4.78 is 0. The highest BCUT2D eigenvalue weighted by Gasteiger charge is 2.27. The van der Waals surface area contributed by atoms with Crippen molar-refractivity contribution < 1.29 is 14.7 Å². The first-order chi connectivity index (χ1) is 9.54. The van der Waals surface area contributed by atoms with Gasteiger partial charge in [0.25, 0.3) is 0 Å². The van der Waals surface area contributed by atoms with E-state index in [9.17, 15) is 14.7 Å². The van der Waals surface area contributed by atoms with Gasteiger partial charge in [0.1, 0.15) is 4.88 Å². The summed E-state index contributed by atoms with van der Waals surface area (Å²) in [6, 6.07) is 0.394. The lowest BCUT2D eigenvalue weighted by molar-refractivity contribution is 0.0687. The van der Waals surface area contributed by atoms with Gasteiger partial charge in [-0.3, -0.25) is 4.79 Å². The first kappa shape index (κ1) is 15.0. The molecule has 2 heterocycles. The van der Waals surface area contributed by atoms with Gasteiger partial charge in [0.2, 0.25) is 0 Å².